The molecule has 0 radical (unpaired) electrons. The van der Waals surface area contributed by atoms with Crippen molar-refractivity contribution >= 4 is 17.5 Å². The van der Waals surface area contributed by atoms with Gasteiger partial charge in [-0.15, -0.1) is 11.6 Å². The van der Waals surface area contributed by atoms with Gasteiger partial charge in [0.25, 0.3) is 5.91 Å². The largest absolute Gasteiger partial charge is 0.507 e. The van der Waals surface area contributed by atoms with Crippen LogP contribution in [0.25, 0.3) is 0 Å². The van der Waals surface area contributed by atoms with Gasteiger partial charge >= 0.3 is 0 Å². The SMILES string of the molecule is COc1ccc(O)c(C(=O)NCC(Cl)CC(C)(C)C)c1. The monoisotopic (exact) mass is 299 g/mol. The molecule has 1 atom stereocenters. The predicted molar refractivity (Wildman–Crippen MR) is 80.7 cm³/mol. The van der Waals surface area contributed by atoms with E-state index in [2.05, 4.69) is 26.1 Å². The summed E-state index contributed by atoms with van der Waals surface area (Å²) in [5.41, 5.74) is 0.291. The van der Waals surface area contributed by atoms with Gasteiger partial charge in [0, 0.05) is 6.54 Å². The molecule has 1 unspecified atom stereocenters. The lowest BCUT2D eigenvalue weighted by molar-refractivity contribution is 0.0949. The molecule has 0 saturated carbocycles. The van der Waals surface area contributed by atoms with Gasteiger partial charge in [0.1, 0.15) is 11.5 Å². The molecule has 0 spiro atoms. The number of hydrogen-bond acceptors (Lipinski definition) is 3. The summed E-state index contributed by atoms with van der Waals surface area (Å²) < 4.78 is 5.03. The first-order valence-electron chi connectivity index (χ1n) is 6.52. The number of aromatic hydroxyl groups is 1. The summed E-state index contributed by atoms with van der Waals surface area (Å²) >= 11 is 6.19. The van der Waals surface area contributed by atoms with Crippen molar-refractivity contribution in [2.75, 3.05) is 13.7 Å². The van der Waals surface area contributed by atoms with Crippen LogP contribution in [0.2, 0.25) is 0 Å². The first kappa shape index (κ1) is 16.6. The molecule has 0 saturated heterocycles. The lowest BCUT2D eigenvalue weighted by Crippen LogP contribution is -2.31. The fourth-order valence-electron chi connectivity index (χ4n) is 1.86. The highest BCUT2D eigenvalue weighted by atomic mass is 35.5. The summed E-state index contributed by atoms with van der Waals surface area (Å²) in [5.74, 6) is 0.0799. The van der Waals surface area contributed by atoms with Crippen LogP contribution in [-0.2, 0) is 0 Å². The van der Waals surface area contributed by atoms with Crippen molar-refractivity contribution in [2.24, 2.45) is 5.41 Å². The summed E-state index contributed by atoms with van der Waals surface area (Å²) in [6.45, 7) is 6.64. The highest BCUT2D eigenvalue weighted by Crippen LogP contribution is 2.24. The molecule has 0 aliphatic carbocycles. The smallest absolute Gasteiger partial charge is 0.255 e. The number of phenolic OH excluding ortho intramolecular Hbond substituents is 1. The molecule has 0 aliphatic rings. The van der Waals surface area contributed by atoms with E-state index in [-0.39, 0.29) is 28.0 Å². The number of rotatable bonds is 5. The second-order valence-corrected chi connectivity index (χ2v) is 6.57. The van der Waals surface area contributed by atoms with Crippen LogP contribution < -0.4 is 10.1 Å². The average molecular weight is 300 g/mol. The predicted octanol–water partition coefficient (Wildman–Crippen LogP) is 3.17. The van der Waals surface area contributed by atoms with Crippen molar-refractivity contribution in [1.29, 1.82) is 0 Å². The van der Waals surface area contributed by atoms with Gasteiger partial charge in [-0.2, -0.15) is 0 Å². The number of hydrogen-bond donors (Lipinski definition) is 2. The zero-order valence-electron chi connectivity index (χ0n) is 12.4. The minimum Gasteiger partial charge on any atom is -0.507 e. The number of nitrogens with one attached hydrogen (secondary N) is 1. The number of phenols is 1. The molecule has 0 fully saturated rings. The van der Waals surface area contributed by atoms with Gasteiger partial charge in [-0.25, -0.2) is 0 Å². The Morgan fingerprint density at radius 3 is 2.65 bits per heavy atom. The molecule has 4 nitrogen and oxygen atoms in total. The third kappa shape index (κ3) is 5.29. The average Bonchev–Trinajstić information content (AvgIpc) is 2.34. The second-order valence-electron chi connectivity index (χ2n) is 5.96. The molecule has 1 amide bonds. The molecule has 112 valence electrons. The normalized spacial score (nSPS) is 12.8. The van der Waals surface area contributed by atoms with Crippen LogP contribution in [0.15, 0.2) is 18.2 Å². The Labute approximate surface area is 125 Å². The molecule has 0 heterocycles. The van der Waals surface area contributed by atoms with Gasteiger partial charge in [0.2, 0.25) is 0 Å². The lowest BCUT2D eigenvalue weighted by Gasteiger charge is -2.22. The minimum atomic E-state index is -0.360. The zero-order chi connectivity index (χ0) is 15.3. The zero-order valence-corrected chi connectivity index (χ0v) is 13.1. The molecule has 1 aromatic rings. The van der Waals surface area contributed by atoms with E-state index in [0.29, 0.717) is 12.3 Å². The lowest BCUT2D eigenvalue weighted by atomic mass is 9.90. The fourth-order valence-corrected chi connectivity index (χ4v) is 2.40. The summed E-state index contributed by atoms with van der Waals surface area (Å²) in [5, 5.41) is 12.3. The Balaban J connectivity index is 2.63. The Morgan fingerprint density at radius 1 is 1.45 bits per heavy atom. The molecular weight excluding hydrogens is 278 g/mol. The van der Waals surface area contributed by atoms with E-state index in [1.54, 1.807) is 6.07 Å². The maximum Gasteiger partial charge on any atom is 0.255 e. The maximum atomic E-state index is 12.0. The number of benzene rings is 1. The van der Waals surface area contributed by atoms with E-state index in [0.717, 1.165) is 6.42 Å². The van der Waals surface area contributed by atoms with Crippen molar-refractivity contribution < 1.29 is 14.6 Å². The number of carbonyl (C=O) groups excluding carboxylic acids is 1. The Hall–Kier alpha value is -1.42. The number of carbonyl (C=O) groups is 1. The van der Waals surface area contributed by atoms with E-state index in [9.17, 15) is 9.90 Å². The van der Waals surface area contributed by atoms with Crippen molar-refractivity contribution in [3.05, 3.63) is 23.8 Å². The summed E-state index contributed by atoms with van der Waals surface area (Å²) in [6, 6.07) is 4.52. The van der Waals surface area contributed by atoms with Crippen molar-refractivity contribution in [2.45, 2.75) is 32.6 Å². The number of amides is 1. The Morgan fingerprint density at radius 2 is 2.10 bits per heavy atom. The molecule has 0 bridgehead atoms. The number of halogens is 1. The number of methoxy groups -OCH3 is 1. The third-order valence-electron chi connectivity index (χ3n) is 2.77. The molecule has 5 heteroatoms. The molecule has 0 aromatic heterocycles. The summed E-state index contributed by atoms with van der Waals surface area (Å²) in [4.78, 5) is 12.0. The molecule has 20 heavy (non-hydrogen) atoms. The van der Waals surface area contributed by atoms with Crippen molar-refractivity contribution in [3.8, 4) is 11.5 Å². The van der Waals surface area contributed by atoms with E-state index >= 15 is 0 Å². The van der Waals surface area contributed by atoms with Crippen LogP contribution in [0.3, 0.4) is 0 Å². The first-order chi connectivity index (χ1) is 9.23. The molecule has 2 N–H and O–H groups in total. The minimum absolute atomic E-state index is 0.0785. The van der Waals surface area contributed by atoms with E-state index in [1.165, 1.54) is 19.2 Å². The third-order valence-corrected chi connectivity index (χ3v) is 3.07. The van der Waals surface area contributed by atoms with Crippen LogP contribution in [0.4, 0.5) is 0 Å². The molecular formula is C15H22ClNO3. The fraction of sp³-hybridized carbons (Fsp3) is 0.533. The van der Waals surface area contributed by atoms with Gasteiger partial charge in [-0.3, -0.25) is 4.79 Å². The molecule has 1 aromatic carbocycles. The first-order valence-corrected chi connectivity index (χ1v) is 6.96. The molecule has 0 aliphatic heterocycles. The topological polar surface area (TPSA) is 58.6 Å². The van der Waals surface area contributed by atoms with Crippen LogP contribution in [0.1, 0.15) is 37.6 Å². The number of ether oxygens (including phenoxy) is 1. The summed E-state index contributed by atoms with van der Waals surface area (Å²) in [6.07, 6.45) is 0.791. The van der Waals surface area contributed by atoms with E-state index < -0.39 is 0 Å². The Bertz CT molecular complexity index is 469. The second kappa shape index (κ2) is 6.84. The Kier molecular flexibility index (Phi) is 5.69. The van der Waals surface area contributed by atoms with Crippen LogP contribution in [0.5, 0.6) is 11.5 Å². The highest BCUT2D eigenvalue weighted by molar-refractivity contribution is 6.21. The van der Waals surface area contributed by atoms with Gasteiger partial charge in [-0.05, 0) is 30.0 Å². The van der Waals surface area contributed by atoms with E-state index in [4.69, 9.17) is 16.3 Å². The molecule has 1 rings (SSSR count). The van der Waals surface area contributed by atoms with Crippen LogP contribution >= 0.6 is 11.6 Å². The highest BCUT2D eigenvalue weighted by Gasteiger charge is 2.18. The van der Waals surface area contributed by atoms with Gasteiger partial charge in [0.15, 0.2) is 0 Å². The standard InChI is InChI=1S/C15H22ClNO3/c1-15(2,3)8-10(16)9-17-14(19)12-7-11(20-4)5-6-13(12)18/h5-7,10,18H,8-9H2,1-4H3,(H,17,19). The number of alkyl halides is 1. The summed E-state index contributed by atoms with van der Waals surface area (Å²) in [7, 11) is 1.51. The van der Waals surface area contributed by atoms with Crippen molar-refractivity contribution in [3.63, 3.8) is 0 Å². The van der Waals surface area contributed by atoms with Crippen LogP contribution in [0, 0.1) is 5.41 Å². The van der Waals surface area contributed by atoms with Gasteiger partial charge < -0.3 is 15.2 Å². The van der Waals surface area contributed by atoms with Gasteiger partial charge in [-0.1, -0.05) is 20.8 Å². The maximum absolute atomic E-state index is 12.0. The van der Waals surface area contributed by atoms with Crippen molar-refractivity contribution in [1.82, 2.24) is 5.32 Å². The quantitative estimate of drug-likeness (QED) is 0.821. The van der Waals surface area contributed by atoms with E-state index in [1.807, 2.05) is 0 Å². The van der Waals surface area contributed by atoms with Crippen LogP contribution in [-0.4, -0.2) is 30.0 Å². The van der Waals surface area contributed by atoms with Gasteiger partial charge in [0.05, 0.1) is 18.1 Å².